The average Bonchev–Trinajstić information content (AvgIpc) is 3.00. The van der Waals surface area contributed by atoms with Crippen molar-refractivity contribution in [2.24, 2.45) is 0 Å². The van der Waals surface area contributed by atoms with Gasteiger partial charge in [-0.3, -0.25) is 9.10 Å². The minimum absolute atomic E-state index is 0.124. The van der Waals surface area contributed by atoms with Crippen molar-refractivity contribution in [1.82, 2.24) is 5.32 Å². The van der Waals surface area contributed by atoms with E-state index in [1.54, 1.807) is 66.7 Å². The fraction of sp³-hybridized carbons (Fsp3) is 0.0882. The summed E-state index contributed by atoms with van der Waals surface area (Å²) < 4.78 is 28.6. The van der Waals surface area contributed by atoms with Crippen LogP contribution in [0, 0.1) is 6.92 Å². The summed E-state index contributed by atoms with van der Waals surface area (Å²) in [6.45, 7) is 2.16. The summed E-state index contributed by atoms with van der Waals surface area (Å²) in [5, 5.41) is 3.17. The molecule has 0 aliphatic rings. The quantitative estimate of drug-likeness (QED) is 0.218. The van der Waals surface area contributed by atoms with Gasteiger partial charge in [-0.25, -0.2) is 8.42 Å². The lowest BCUT2D eigenvalue weighted by Gasteiger charge is -2.25. The lowest BCUT2D eigenvalue weighted by molar-refractivity contribution is 0.0943. The first-order valence-corrected chi connectivity index (χ1v) is 14.5. The lowest BCUT2D eigenvalue weighted by Crippen LogP contribution is -2.31. The van der Waals surface area contributed by atoms with Crippen molar-refractivity contribution in [2.45, 2.75) is 24.4 Å². The molecule has 0 spiro atoms. The van der Waals surface area contributed by atoms with E-state index in [1.807, 2.05) is 79.7 Å². The number of nitrogens with one attached hydrogen (secondary N) is 1. The molecule has 0 saturated carbocycles. The van der Waals surface area contributed by atoms with E-state index >= 15 is 0 Å². The van der Waals surface area contributed by atoms with Crippen LogP contribution >= 0.6 is 0 Å². The van der Waals surface area contributed by atoms with Crippen LogP contribution in [0.25, 0.3) is 0 Å². The Labute approximate surface area is 235 Å². The molecule has 0 bridgehead atoms. The van der Waals surface area contributed by atoms with Crippen LogP contribution in [-0.4, -0.2) is 14.3 Å². The number of aryl methyl sites for hydroxylation is 1. The standard InChI is InChI=1S/C34H30N2O3S/c1-26-17-21-29(22-18-26)33(28-11-5-2-6-12-28)35-34(37)30-23-19-27(20-24-30)25-36(31-13-7-3-8-14-31)40(38,39)32-15-9-4-10-16-32/h2-24,33H,25H2,1H3,(H,35,37)/t33-/m1/s1. The Morgan fingerprint density at radius 2 is 1.20 bits per heavy atom. The highest BCUT2D eigenvalue weighted by Gasteiger charge is 2.25. The highest BCUT2D eigenvalue weighted by molar-refractivity contribution is 7.92. The summed E-state index contributed by atoms with van der Waals surface area (Å²) in [5.41, 5.74) is 4.95. The molecule has 0 heterocycles. The number of rotatable bonds is 9. The van der Waals surface area contributed by atoms with Crippen molar-refractivity contribution in [3.05, 3.63) is 167 Å². The second-order valence-electron chi connectivity index (χ2n) is 9.59. The Kier molecular flexibility index (Phi) is 8.08. The smallest absolute Gasteiger partial charge is 0.264 e. The van der Waals surface area contributed by atoms with Crippen LogP contribution in [0.15, 0.2) is 144 Å². The van der Waals surface area contributed by atoms with Crippen LogP contribution in [0.2, 0.25) is 0 Å². The number of carbonyl (C=O) groups is 1. The van der Waals surface area contributed by atoms with Crippen LogP contribution in [0.1, 0.15) is 38.7 Å². The summed E-state index contributed by atoms with van der Waals surface area (Å²) in [5.74, 6) is -0.210. The number of carbonyl (C=O) groups excluding carboxylic acids is 1. The van der Waals surface area contributed by atoms with Gasteiger partial charge in [0.2, 0.25) is 0 Å². The van der Waals surface area contributed by atoms with Crippen LogP contribution in [-0.2, 0) is 16.6 Å². The van der Waals surface area contributed by atoms with E-state index < -0.39 is 10.0 Å². The van der Waals surface area contributed by atoms with Gasteiger partial charge in [0.1, 0.15) is 0 Å². The van der Waals surface area contributed by atoms with Crippen molar-refractivity contribution in [2.75, 3.05) is 4.31 Å². The molecule has 0 radical (unpaired) electrons. The molecular formula is C34H30N2O3S. The first-order chi connectivity index (χ1) is 19.4. The molecule has 0 saturated heterocycles. The monoisotopic (exact) mass is 546 g/mol. The van der Waals surface area contributed by atoms with Gasteiger partial charge in [-0.2, -0.15) is 0 Å². The van der Waals surface area contributed by atoms with E-state index in [9.17, 15) is 13.2 Å². The van der Waals surface area contributed by atoms with Gasteiger partial charge in [0, 0.05) is 5.56 Å². The fourth-order valence-electron chi connectivity index (χ4n) is 4.53. The van der Waals surface area contributed by atoms with Crippen molar-refractivity contribution < 1.29 is 13.2 Å². The summed E-state index contributed by atoms with van der Waals surface area (Å²) in [7, 11) is -3.81. The third-order valence-electron chi connectivity index (χ3n) is 6.74. The minimum atomic E-state index is -3.81. The van der Waals surface area contributed by atoms with E-state index in [0.29, 0.717) is 11.3 Å². The van der Waals surface area contributed by atoms with E-state index in [1.165, 1.54) is 4.31 Å². The molecule has 5 aromatic rings. The van der Waals surface area contributed by atoms with Gasteiger partial charge in [0.05, 0.1) is 23.2 Å². The zero-order valence-corrected chi connectivity index (χ0v) is 23.0. The molecular weight excluding hydrogens is 516 g/mol. The molecule has 1 atom stereocenters. The lowest BCUT2D eigenvalue weighted by atomic mass is 9.97. The predicted octanol–water partition coefficient (Wildman–Crippen LogP) is 6.91. The molecule has 1 N–H and O–H groups in total. The Morgan fingerprint density at radius 3 is 1.80 bits per heavy atom. The van der Waals surface area contributed by atoms with Crippen molar-refractivity contribution in [1.29, 1.82) is 0 Å². The second kappa shape index (κ2) is 12.0. The minimum Gasteiger partial charge on any atom is -0.341 e. The molecule has 1 amide bonds. The molecule has 0 unspecified atom stereocenters. The van der Waals surface area contributed by atoms with Crippen molar-refractivity contribution in [3.63, 3.8) is 0 Å². The fourth-order valence-corrected chi connectivity index (χ4v) is 6.01. The van der Waals surface area contributed by atoms with Crippen molar-refractivity contribution in [3.8, 4) is 0 Å². The summed E-state index contributed by atoms with van der Waals surface area (Å²) >= 11 is 0. The Balaban J connectivity index is 1.39. The number of nitrogens with zero attached hydrogens (tertiary/aromatic N) is 1. The number of benzene rings is 5. The molecule has 0 fully saturated rings. The molecule has 5 nitrogen and oxygen atoms in total. The van der Waals surface area contributed by atoms with Gasteiger partial charge in [0.15, 0.2) is 0 Å². The Hall–Kier alpha value is -4.68. The number of para-hydroxylation sites is 1. The molecule has 0 aliphatic heterocycles. The summed E-state index contributed by atoms with van der Waals surface area (Å²) in [6, 6.07) is 42.2. The maximum absolute atomic E-state index is 13.6. The molecule has 6 heteroatoms. The van der Waals surface area contributed by atoms with Crippen molar-refractivity contribution >= 4 is 21.6 Å². The van der Waals surface area contributed by atoms with E-state index in [4.69, 9.17) is 0 Å². The highest BCUT2D eigenvalue weighted by Crippen LogP contribution is 2.27. The van der Waals surface area contributed by atoms with Gasteiger partial charge >= 0.3 is 0 Å². The van der Waals surface area contributed by atoms with Crippen LogP contribution in [0.3, 0.4) is 0 Å². The maximum Gasteiger partial charge on any atom is 0.264 e. The zero-order chi connectivity index (χ0) is 28.0. The van der Waals surface area contributed by atoms with Gasteiger partial charge in [-0.1, -0.05) is 109 Å². The van der Waals surface area contributed by atoms with Crippen LogP contribution < -0.4 is 9.62 Å². The predicted molar refractivity (Wildman–Crippen MR) is 160 cm³/mol. The number of hydrogen-bond acceptors (Lipinski definition) is 3. The van der Waals surface area contributed by atoms with E-state index in [0.717, 1.165) is 22.3 Å². The SMILES string of the molecule is Cc1ccc([C@H](NC(=O)c2ccc(CN(c3ccccc3)S(=O)(=O)c3ccccc3)cc2)c2ccccc2)cc1. The van der Waals surface area contributed by atoms with Crippen LogP contribution in [0.4, 0.5) is 5.69 Å². The summed E-state index contributed by atoms with van der Waals surface area (Å²) in [6.07, 6.45) is 0. The molecule has 5 aromatic carbocycles. The zero-order valence-electron chi connectivity index (χ0n) is 22.1. The topological polar surface area (TPSA) is 66.5 Å². The first kappa shape index (κ1) is 26.9. The molecule has 5 rings (SSSR count). The Bertz CT molecular complexity index is 1660. The van der Waals surface area contributed by atoms with E-state index in [-0.39, 0.29) is 23.4 Å². The number of sulfonamides is 1. The second-order valence-corrected chi connectivity index (χ2v) is 11.4. The first-order valence-electron chi connectivity index (χ1n) is 13.1. The number of amides is 1. The van der Waals surface area contributed by atoms with Gasteiger partial charge in [-0.05, 0) is 60.0 Å². The third-order valence-corrected chi connectivity index (χ3v) is 8.52. The molecule has 40 heavy (non-hydrogen) atoms. The normalized spacial score (nSPS) is 11.9. The number of anilines is 1. The van der Waals surface area contributed by atoms with Crippen LogP contribution in [0.5, 0.6) is 0 Å². The van der Waals surface area contributed by atoms with Gasteiger partial charge in [0.25, 0.3) is 15.9 Å². The molecule has 0 aromatic heterocycles. The van der Waals surface area contributed by atoms with Gasteiger partial charge < -0.3 is 5.32 Å². The van der Waals surface area contributed by atoms with Gasteiger partial charge in [-0.15, -0.1) is 0 Å². The maximum atomic E-state index is 13.6. The third kappa shape index (κ3) is 6.14. The Morgan fingerprint density at radius 1 is 0.675 bits per heavy atom. The number of hydrogen-bond donors (Lipinski definition) is 1. The van der Waals surface area contributed by atoms with E-state index in [2.05, 4.69) is 5.32 Å². The molecule has 200 valence electrons. The highest BCUT2D eigenvalue weighted by atomic mass is 32.2. The largest absolute Gasteiger partial charge is 0.341 e. The average molecular weight is 547 g/mol. The summed E-state index contributed by atoms with van der Waals surface area (Å²) in [4.78, 5) is 13.6. The molecule has 0 aliphatic carbocycles.